The van der Waals surface area contributed by atoms with E-state index in [-0.39, 0.29) is 33.0 Å². The van der Waals surface area contributed by atoms with E-state index in [1.165, 1.54) is 38.6 Å². The Hall–Kier alpha value is -2.18. The van der Waals surface area contributed by atoms with Gasteiger partial charge in [-0.15, -0.1) is 0 Å². The van der Waals surface area contributed by atoms with Gasteiger partial charge in [-0.3, -0.25) is 0 Å². The smallest absolute Gasteiger partial charge is 0.341 e. The molecule has 116 valence electrons. The highest BCUT2D eigenvalue weighted by Crippen LogP contribution is 2.38. The molecule has 0 aliphatic heterocycles. The molecule has 8 heteroatoms. The van der Waals surface area contributed by atoms with Crippen molar-refractivity contribution < 1.29 is 19.0 Å². The molecule has 0 unspecified atom stereocenters. The molecule has 22 heavy (non-hydrogen) atoms. The van der Waals surface area contributed by atoms with Crippen molar-refractivity contribution >= 4 is 34.9 Å². The number of hydrogen-bond acceptors (Lipinski definition) is 6. The predicted molar refractivity (Wildman–Crippen MR) is 83.1 cm³/mol. The molecule has 0 saturated heterocycles. The molecule has 2 rings (SSSR count). The highest BCUT2D eigenvalue weighted by Gasteiger charge is 2.17. The van der Waals surface area contributed by atoms with E-state index in [0.717, 1.165) is 0 Å². The molecule has 1 heterocycles. The Morgan fingerprint density at radius 3 is 2.36 bits per heavy atom. The van der Waals surface area contributed by atoms with Gasteiger partial charge in [0.25, 0.3) is 0 Å². The molecule has 6 nitrogen and oxygen atoms in total. The van der Waals surface area contributed by atoms with Crippen LogP contribution in [-0.4, -0.2) is 25.2 Å². The number of halogens is 2. The lowest BCUT2D eigenvalue weighted by Gasteiger charge is -2.11. The first-order valence-electron chi connectivity index (χ1n) is 6.01. The zero-order chi connectivity index (χ0) is 16.3. The monoisotopic (exact) mass is 342 g/mol. The van der Waals surface area contributed by atoms with Crippen molar-refractivity contribution in [1.82, 2.24) is 4.98 Å². The van der Waals surface area contributed by atoms with Crippen molar-refractivity contribution in [2.75, 3.05) is 20.0 Å². The number of ether oxygens (including phenoxy) is 3. The summed E-state index contributed by atoms with van der Waals surface area (Å²) in [6.07, 6.45) is 1.33. The minimum Gasteiger partial charge on any atom is -0.494 e. The van der Waals surface area contributed by atoms with Gasteiger partial charge < -0.3 is 19.9 Å². The largest absolute Gasteiger partial charge is 0.494 e. The standard InChI is InChI=1S/C14H12Cl2N2O4/c1-20-11-6-18-12(5-8(11)14(19)21-2)22-13-9(15)3-7(17)4-10(13)16/h3-6H,17H2,1-2H3. The number of methoxy groups -OCH3 is 2. The molecule has 1 aromatic heterocycles. The summed E-state index contributed by atoms with van der Waals surface area (Å²) in [5, 5.41) is 0.449. The summed E-state index contributed by atoms with van der Waals surface area (Å²) in [5.74, 6) is -0.0342. The number of aromatic nitrogens is 1. The van der Waals surface area contributed by atoms with Crippen LogP contribution in [0.15, 0.2) is 24.4 Å². The van der Waals surface area contributed by atoms with E-state index in [9.17, 15) is 4.79 Å². The van der Waals surface area contributed by atoms with Gasteiger partial charge >= 0.3 is 5.97 Å². The molecule has 0 radical (unpaired) electrons. The second-order valence-electron chi connectivity index (χ2n) is 4.13. The van der Waals surface area contributed by atoms with Gasteiger partial charge in [0.05, 0.1) is 30.5 Å². The van der Waals surface area contributed by atoms with Crippen LogP contribution >= 0.6 is 23.2 Å². The zero-order valence-corrected chi connectivity index (χ0v) is 13.2. The quantitative estimate of drug-likeness (QED) is 0.675. The van der Waals surface area contributed by atoms with Crippen molar-refractivity contribution in [2.24, 2.45) is 0 Å². The number of nitrogens with two attached hydrogens (primary N) is 1. The van der Waals surface area contributed by atoms with E-state index in [0.29, 0.717) is 5.69 Å². The van der Waals surface area contributed by atoms with Crippen LogP contribution in [0.4, 0.5) is 5.69 Å². The number of benzene rings is 1. The average molecular weight is 343 g/mol. The molecular formula is C14H12Cl2N2O4. The lowest BCUT2D eigenvalue weighted by atomic mass is 10.2. The van der Waals surface area contributed by atoms with E-state index in [4.69, 9.17) is 38.4 Å². The summed E-state index contributed by atoms with van der Waals surface area (Å²) in [7, 11) is 2.67. The second kappa shape index (κ2) is 6.72. The molecule has 2 N–H and O–H groups in total. The van der Waals surface area contributed by atoms with Gasteiger partial charge in [0.2, 0.25) is 5.88 Å². The van der Waals surface area contributed by atoms with Crippen LogP contribution in [0.2, 0.25) is 10.0 Å². The molecular weight excluding hydrogens is 331 g/mol. The van der Waals surface area contributed by atoms with Crippen LogP contribution in [0.1, 0.15) is 10.4 Å². The van der Waals surface area contributed by atoms with Gasteiger partial charge in [-0.25, -0.2) is 9.78 Å². The van der Waals surface area contributed by atoms with E-state index in [1.807, 2.05) is 0 Å². The first-order valence-corrected chi connectivity index (χ1v) is 6.76. The summed E-state index contributed by atoms with van der Waals surface area (Å²) in [4.78, 5) is 15.7. The maximum absolute atomic E-state index is 11.7. The molecule has 0 bridgehead atoms. The first-order chi connectivity index (χ1) is 10.5. The third-order valence-corrected chi connectivity index (χ3v) is 3.26. The number of pyridine rings is 1. The first kappa shape index (κ1) is 16.2. The maximum Gasteiger partial charge on any atom is 0.341 e. The molecule has 0 fully saturated rings. The SMILES string of the molecule is COC(=O)c1cc(Oc2c(Cl)cc(N)cc2Cl)ncc1OC. The average Bonchev–Trinajstić information content (AvgIpc) is 2.49. The molecule has 0 saturated carbocycles. The van der Waals surface area contributed by atoms with E-state index in [1.54, 1.807) is 0 Å². The molecule has 0 aliphatic rings. The van der Waals surface area contributed by atoms with Crippen molar-refractivity contribution in [2.45, 2.75) is 0 Å². The summed E-state index contributed by atoms with van der Waals surface area (Å²) in [6.45, 7) is 0. The Labute approximate surface area is 136 Å². The number of anilines is 1. The van der Waals surface area contributed by atoms with Crippen LogP contribution in [-0.2, 0) is 4.74 Å². The number of nitrogens with zero attached hydrogens (tertiary/aromatic N) is 1. The zero-order valence-electron chi connectivity index (χ0n) is 11.7. The normalized spacial score (nSPS) is 10.2. The van der Waals surface area contributed by atoms with Gasteiger partial charge in [0.15, 0.2) is 11.5 Å². The van der Waals surface area contributed by atoms with Gasteiger partial charge in [0.1, 0.15) is 5.56 Å². The number of carbonyl (C=O) groups excluding carboxylic acids is 1. The molecule has 0 amide bonds. The number of rotatable bonds is 4. The van der Waals surface area contributed by atoms with Crippen molar-refractivity contribution in [3.05, 3.63) is 40.0 Å². The highest BCUT2D eigenvalue weighted by atomic mass is 35.5. The van der Waals surface area contributed by atoms with Gasteiger partial charge in [-0.05, 0) is 12.1 Å². The summed E-state index contributed by atoms with van der Waals surface area (Å²) < 4.78 is 15.3. The second-order valence-corrected chi connectivity index (χ2v) is 4.94. The van der Waals surface area contributed by atoms with Crippen molar-refractivity contribution in [3.63, 3.8) is 0 Å². The van der Waals surface area contributed by atoms with Crippen LogP contribution in [0.3, 0.4) is 0 Å². The number of esters is 1. The van der Waals surface area contributed by atoms with Crippen LogP contribution < -0.4 is 15.2 Å². The van der Waals surface area contributed by atoms with Gasteiger partial charge in [0, 0.05) is 11.8 Å². The minimum absolute atomic E-state index is 0.106. The van der Waals surface area contributed by atoms with Gasteiger partial charge in [-0.1, -0.05) is 23.2 Å². The summed E-state index contributed by atoms with van der Waals surface area (Å²) >= 11 is 12.1. The minimum atomic E-state index is -0.585. The lowest BCUT2D eigenvalue weighted by molar-refractivity contribution is 0.0596. The fourth-order valence-electron chi connectivity index (χ4n) is 1.69. The fraction of sp³-hybridized carbons (Fsp3) is 0.143. The van der Waals surface area contributed by atoms with E-state index in [2.05, 4.69) is 9.72 Å². The maximum atomic E-state index is 11.7. The third kappa shape index (κ3) is 3.35. The number of carbonyl (C=O) groups is 1. The molecule has 2 aromatic rings. The van der Waals surface area contributed by atoms with E-state index >= 15 is 0 Å². The Kier molecular flexibility index (Phi) is 4.95. The molecule has 0 spiro atoms. The summed E-state index contributed by atoms with van der Waals surface area (Å²) in [5.41, 5.74) is 6.19. The lowest BCUT2D eigenvalue weighted by Crippen LogP contribution is -2.05. The van der Waals surface area contributed by atoms with Crippen LogP contribution in [0.5, 0.6) is 17.4 Å². The number of hydrogen-bond donors (Lipinski definition) is 1. The molecule has 0 atom stereocenters. The fourth-order valence-corrected chi connectivity index (χ4v) is 2.27. The Morgan fingerprint density at radius 1 is 1.18 bits per heavy atom. The van der Waals surface area contributed by atoms with Crippen molar-refractivity contribution in [3.8, 4) is 17.4 Å². The molecule has 0 aliphatic carbocycles. The Morgan fingerprint density at radius 2 is 1.82 bits per heavy atom. The van der Waals surface area contributed by atoms with Gasteiger partial charge in [-0.2, -0.15) is 0 Å². The topological polar surface area (TPSA) is 83.7 Å². The van der Waals surface area contributed by atoms with Crippen LogP contribution in [0, 0.1) is 0 Å². The van der Waals surface area contributed by atoms with Crippen LogP contribution in [0.25, 0.3) is 0 Å². The highest BCUT2D eigenvalue weighted by molar-refractivity contribution is 6.37. The Balaban J connectivity index is 2.41. The Bertz CT molecular complexity index is 699. The molecule has 1 aromatic carbocycles. The third-order valence-electron chi connectivity index (χ3n) is 2.69. The van der Waals surface area contributed by atoms with Crippen molar-refractivity contribution in [1.29, 1.82) is 0 Å². The predicted octanol–water partition coefficient (Wildman–Crippen LogP) is 3.56. The summed E-state index contributed by atoms with van der Waals surface area (Å²) in [6, 6.07) is 4.36. The number of nitrogen functional groups attached to an aromatic ring is 1. The van der Waals surface area contributed by atoms with E-state index < -0.39 is 5.97 Å².